The molecule has 0 aromatic heterocycles. The molecular weight excluding hydrogens is 350 g/mol. The minimum Gasteiger partial charge on any atom is -0.493 e. The van der Waals surface area contributed by atoms with E-state index in [1.54, 1.807) is 7.11 Å². The van der Waals surface area contributed by atoms with Gasteiger partial charge in [-0.1, -0.05) is 66.7 Å². The van der Waals surface area contributed by atoms with E-state index >= 15 is 0 Å². The van der Waals surface area contributed by atoms with Gasteiger partial charge in [-0.3, -0.25) is 4.79 Å². The first-order valence-corrected chi connectivity index (χ1v) is 9.29. The van der Waals surface area contributed by atoms with Gasteiger partial charge in [-0.15, -0.1) is 0 Å². The summed E-state index contributed by atoms with van der Waals surface area (Å²) < 4.78 is 11.1. The Kier molecular flexibility index (Phi) is 6.68. The van der Waals surface area contributed by atoms with Crippen molar-refractivity contribution in [1.82, 2.24) is 4.90 Å². The molecule has 0 bridgehead atoms. The van der Waals surface area contributed by atoms with Gasteiger partial charge >= 0.3 is 0 Å². The highest BCUT2D eigenvalue weighted by Gasteiger charge is 2.16. The highest BCUT2D eigenvalue weighted by molar-refractivity contribution is 5.78. The number of benzene rings is 3. The van der Waals surface area contributed by atoms with Crippen LogP contribution in [0.3, 0.4) is 0 Å². The molecule has 3 aromatic rings. The molecule has 3 aromatic carbocycles. The number of ether oxygens (including phenoxy) is 2. The van der Waals surface area contributed by atoms with Crippen molar-refractivity contribution in [3.8, 4) is 11.5 Å². The zero-order valence-electron chi connectivity index (χ0n) is 16.3. The molecule has 0 saturated carbocycles. The monoisotopic (exact) mass is 375 g/mol. The smallest absolute Gasteiger partial charge is 0.261 e. The van der Waals surface area contributed by atoms with E-state index < -0.39 is 0 Å². The van der Waals surface area contributed by atoms with E-state index in [9.17, 15) is 4.79 Å². The molecule has 0 atom stereocenters. The average molecular weight is 375 g/mol. The summed E-state index contributed by atoms with van der Waals surface area (Å²) in [6, 6.07) is 25.6. The van der Waals surface area contributed by atoms with E-state index in [1.165, 1.54) is 0 Å². The van der Waals surface area contributed by atoms with Gasteiger partial charge in [-0.2, -0.15) is 0 Å². The predicted octanol–water partition coefficient (Wildman–Crippen LogP) is 4.61. The van der Waals surface area contributed by atoms with Crippen LogP contribution < -0.4 is 9.47 Å². The Labute approximate surface area is 166 Å². The zero-order chi connectivity index (χ0) is 19.8. The second-order valence-corrected chi connectivity index (χ2v) is 6.66. The van der Waals surface area contributed by atoms with E-state index in [0.29, 0.717) is 24.6 Å². The van der Waals surface area contributed by atoms with Crippen LogP contribution >= 0.6 is 0 Å². The molecule has 0 saturated heterocycles. The number of hydrogen-bond donors (Lipinski definition) is 0. The summed E-state index contributed by atoms with van der Waals surface area (Å²) in [4.78, 5) is 14.8. The van der Waals surface area contributed by atoms with Crippen LogP contribution in [0, 0.1) is 6.92 Å². The summed E-state index contributed by atoms with van der Waals surface area (Å²) >= 11 is 0. The largest absolute Gasteiger partial charge is 0.493 e. The fraction of sp³-hybridized carbons (Fsp3) is 0.208. The van der Waals surface area contributed by atoms with Crippen molar-refractivity contribution < 1.29 is 14.3 Å². The summed E-state index contributed by atoms with van der Waals surface area (Å²) in [5.41, 5.74) is 3.24. The minimum absolute atomic E-state index is 0.0426. The van der Waals surface area contributed by atoms with Crippen molar-refractivity contribution in [2.45, 2.75) is 20.0 Å². The molecule has 3 rings (SSSR count). The van der Waals surface area contributed by atoms with Crippen molar-refractivity contribution >= 4 is 5.91 Å². The predicted molar refractivity (Wildman–Crippen MR) is 110 cm³/mol. The van der Waals surface area contributed by atoms with Gasteiger partial charge in [0.1, 0.15) is 0 Å². The van der Waals surface area contributed by atoms with E-state index in [1.807, 2.05) is 90.7 Å². The quantitative estimate of drug-likeness (QED) is 0.577. The summed E-state index contributed by atoms with van der Waals surface area (Å²) in [5, 5.41) is 0. The fourth-order valence-electron chi connectivity index (χ4n) is 2.96. The molecule has 1 amide bonds. The Morgan fingerprint density at radius 2 is 1.39 bits per heavy atom. The molecule has 0 aliphatic heterocycles. The second-order valence-electron chi connectivity index (χ2n) is 6.66. The number of carbonyl (C=O) groups excluding carboxylic acids is 1. The first-order chi connectivity index (χ1) is 13.7. The molecule has 0 radical (unpaired) electrons. The molecule has 28 heavy (non-hydrogen) atoms. The van der Waals surface area contributed by atoms with E-state index in [0.717, 1.165) is 16.7 Å². The summed E-state index contributed by atoms with van der Waals surface area (Å²) in [5.74, 6) is 1.13. The first-order valence-electron chi connectivity index (χ1n) is 9.29. The third-order valence-electron chi connectivity index (χ3n) is 4.46. The maximum atomic E-state index is 13.0. The first kappa shape index (κ1) is 19.5. The third kappa shape index (κ3) is 5.36. The highest BCUT2D eigenvalue weighted by atomic mass is 16.5. The van der Waals surface area contributed by atoms with Crippen LogP contribution in [0.15, 0.2) is 78.9 Å². The van der Waals surface area contributed by atoms with Gasteiger partial charge in [-0.05, 0) is 35.7 Å². The van der Waals surface area contributed by atoms with Crippen LogP contribution in [-0.4, -0.2) is 24.5 Å². The summed E-state index contributed by atoms with van der Waals surface area (Å²) in [6.07, 6.45) is 0. The molecule has 0 spiro atoms. The number of nitrogens with zero attached hydrogens (tertiary/aromatic N) is 1. The van der Waals surface area contributed by atoms with Crippen LogP contribution in [0.4, 0.5) is 0 Å². The molecular formula is C24H25NO3. The molecule has 144 valence electrons. The molecule has 0 heterocycles. The maximum absolute atomic E-state index is 13.0. The molecule has 4 heteroatoms. The number of rotatable bonds is 8. The molecule has 0 unspecified atom stereocenters. The topological polar surface area (TPSA) is 38.8 Å². The van der Waals surface area contributed by atoms with Gasteiger partial charge in [0, 0.05) is 13.1 Å². The second kappa shape index (κ2) is 9.60. The lowest BCUT2D eigenvalue weighted by Crippen LogP contribution is -2.34. The minimum atomic E-state index is -0.0738. The Morgan fingerprint density at radius 1 is 0.821 bits per heavy atom. The lowest BCUT2D eigenvalue weighted by Gasteiger charge is -2.23. The average Bonchev–Trinajstić information content (AvgIpc) is 2.73. The SMILES string of the molecule is COc1cc(C)ccc1OCC(=O)N(Cc1ccccc1)Cc1ccccc1. The van der Waals surface area contributed by atoms with Gasteiger partial charge in [0.2, 0.25) is 0 Å². The van der Waals surface area contributed by atoms with Crippen molar-refractivity contribution in [3.63, 3.8) is 0 Å². The van der Waals surface area contributed by atoms with E-state index in [2.05, 4.69) is 0 Å². The fourth-order valence-corrected chi connectivity index (χ4v) is 2.96. The van der Waals surface area contributed by atoms with Crippen LogP contribution in [-0.2, 0) is 17.9 Å². The molecule has 0 N–H and O–H groups in total. The maximum Gasteiger partial charge on any atom is 0.261 e. The Hall–Kier alpha value is -3.27. The molecule has 0 aliphatic carbocycles. The Morgan fingerprint density at radius 3 is 1.93 bits per heavy atom. The van der Waals surface area contributed by atoms with Gasteiger partial charge in [0.25, 0.3) is 5.91 Å². The third-order valence-corrected chi connectivity index (χ3v) is 4.46. The lowest BCUT2D eigenvalue weighted by molar-refractivity contribution is -0.134. The Bertz CT molecular complexity index is 853. The summed E-state index contributed by atoms with van der Waals surface area (Å²) in [7, 11) is 1.60. The molecule has 4 nitrogen and oxygen atoms in total. The number of methoxy groups -OCH3 is 1. The Balaban J connectivity index is 1.72. The zero-order valence-corrected chi connectivity index (χ0v) is 16.3. The van der Waals surface area contributed by atoms with E-state index in [4.69, 9.17) is 9.47 Å². The molecule has 0 fully saturated rings. The highest BCUT2D eigenvalue weighted by Crippen LogP contribution is 2.27. The number of carbonyl (C=O) groups is 1. The van der Waals surface area contributed by atoms with Crippen LogP contribution in [0.2, 0.25) is 0 Å². The van der Waals surface area contributed by atoms with Crippen molar-refractivity contribution in [1.29, 1.82) is 0 Å². The van der Waals surface area contributed by atoms with Crippen LogP contribution in [0.1, 0.15) is 16.7 Å². The number of aryl methyl sites for hydroxylation is 1. The van der Waals surface area contributed by atoms with E-state index in [-0.39, 0.29) is 12.5 Å². The van der Waals surface area contributed by atoms with Crippen molar-refractivity contribution in [3.05, 3.63) is 95.6 Å². The van der Waals surface area contributed by atoms with Gasteiger partial charge < -0.3 is 14.4 Å². The van der Waals surface area contributed by atoms with Crippen molar-refractivity contribution in [2.75, 3.05) is 13.7 Å². The van der Waals surface area contributed by atoms with Gasteiger partial charge in [0.15, 0.2) is 18.1 Å². The van der Waals surface area contributed by atoms with Gasteiger partial charge in [0.05, 0.1) is 7.11 Å². The summed E-state index contributed by atoms with van der Waals surface area (Å²) in [6.45, 7) is 3.00. The molecule has 0 aliphatic rings. The number of amides is 1. The normalized spacial score (nSPS) is 10.4. The van der Waals surface area contributed by atoms with Gasteiger partial charge in [-0.25, -0.2) is 0 Å². The number of hydrogen-bond acceptors (Lipinski definition) is 3. The van der Waals surface area contributed by atoms with Crippen LogP contribution in [0.5, 0.6) is 11.5 Å². The van der Waals surface area contributed by atoms with Crippen molar-refractivity contribution in [2.24, 2.45) is 0 Å². The standard InChI is InChI=1S/C24H25NO3/c1-19-13-14-22(23(15-19)27-2)28-18-24(26)25(16-20-9-5-3-6-10-20)17-21-11-7-4-8-12-21/h3-15H,16-18H2,1-2H3. The van der Waals surface area contributed by atoms with Crippen LogP contribution in [0.25, 0.3) is 0 Å². The lowest BCUT2D eigenvalue weighted by atomic mass is 10.1.